The third-order valence-electron chi connectivity index (χ3n) is 3.67. The van der Waals surface area contributed by atoms with E-state index in [9.17, 15) is 4.79 Å². The van der Waals surface area contributed by atoms with Crippen molar-refractivity contribution in [3.63, 3.8) is 0 Å². The van der Waals surface area contributed by atoms with Crippen molar-refractivity contribution in [2.24, 2.45) is 0 Å². The largest absolute Gasteiger partial charge is 0.368 e. The Morgan fingerprint density at radius 3 is 2.56 bits per heavy atom. The van der Waals surface area contributed by atoms with Gasteiger partial charge in [0.05, 0.1) is 15.6 Å². The number of anilines is 1. The molecule has 3 heterocycles. The molecule has 0 radical (unpaired) electrons. The molecule has 3 aromatic heterocycles. The fraction of sp³-hybridized carbons (Fsp3) is 0.294. The van der Waals surface area contributed by atoms with Gasteiger partial charge in [-0.05, 0) is 32.9 Å². The zero-order valence-electron chi connectivity index (χ0n) is 15.0. The van der Waals surface area contributed by atoms with Gasteiger partial charge in [0.1, 0.15) is 16.0 Å². The molecule has 0 bridgehead atoms. The minimum absolute atomic E-state index is 0.257. The average Bonchev–Trinajstić information content (AvgIpc) is 3.11. The molecule has 142 valence electrons. The highest BCUT2D eigenvalue weighted by Gasteiger charge is 2.13. The van der Waals surface area contributed by atoms with Gasteiger partial charge in [-0.15, -0.1) is 11.3 Å². The smallest absolute Gasteiger partial charge is 0.253 e. The van der Waals surface area contributed by atoms with Gasteiger partial charge in [-0.1, -0.05) is 23.2 Å². The quantitative estimate of drug-likeness (QED) is 0.587. The number of aryl methyl sites for hydroxylation is 3. The molecule has 0 unspecified atom stereocenters. The average molecular weight is 425 g/mol. The summed E-state index contributed by atoms with van der Waals surface area (Å²) in [4.78, 5) is 20.9. The number of thiophene rings is 1. The summed E-state index contributed by atoms with van der Waals surface area (Å²) in [5.74, 6) is 1.73. The zero-order valence-corrected chi connectivity index (χ0v) is 17.3. The summed E-state index contributed by atoms with van der Waals surface area (Å²) in [5, 5.41) is 10.4. The Morgan fingerprint density at radius 1 is 1.15 bits per heavy atom. The van der Waals surface area contributed by atoms with Crippen LogP contribution in [0.5, 0.6) is 0 Å². The lowest BCUT2D eigenvalue weighted by Gasteiger charge is -2.10. The molecule has 0 fully saturated rings. The number of halogens is 2. The fourth-order valence-corrected chi connectivity index (χ4v) is 4.03. The molecule has 0 aliphatic rings. The number of carbonyl (C=O) groups excluding carboxylic acids is 1. The third kappa shape index (κ3) is 4.77. The lowest BCUT2D eigenvalue weighted by Crippen LogP contribution is -2.28. The molecule has 0 saturated carbocycles. The zero-order chi connectivity index (χ0) is 19.6. The van der Waals surface area contributed by atoms with Crippen LogP contribution in [0.25, 0.3) is 5.82 Å². The summed E-state index contributed by atoms with van der Waals surface area (Å²) in [6.45, 7) is 6.63. The van der Waals surface area contributed by atoms with E-state index in [-0.39, 0.29) is 5.91 Å². The van der Waals surface area contributed by atoms with Crippen molar-refractivity contribution in [2.75, 3.05) is 18.4 Å². The molecular formula is C17H18Cl2N6OS. The number of amides is 1. The van der Waals surface area contributed by atoms with Crippen molar-refractivity contribution >= 4 is 46.3 Å². The molecule has 0 aliphatic heterocycles. The fourth-order valence-electron chi connectivity index (χ4n) is 2.57. The van der Waals surface area contributed by atoms with Crippen LogP contribution in [0.1, 0.15) is 27.6 Å². The first-order valence-corrected chi connectivity index (χ1v) is 9.77. The van der Waals surface area contributed by atoms with Gasteiger partial charge in [0.15, 0.2) is 5.82 Å². The van der Waals surface area contributed by atoms with E-state index < -0.39 is 0 Å². The van der Waals surface area contributed by atoms with Gasteiger partial charge >= 0.3 is 0 Å². The topological polar surface area (TPSA) is 84.7 Å². The molecule has 1 amide bonds. The molecule has 0 spiro atoms. The van der Waals surface area contributed by atoms with Crippen LogP contribution in [-0.4, -0.2) is 38.7 Å². The Balaban J connectivity index is 1.61. The highest BCUT2D eigenvalue weighted by molar-refractivity contribution is 7.20. The van der Waals surface area contributed by atoms with Crippen LogP contribution in [0, 0.1) is 20.8 Å². The van der Waals surface area contributed by atoms with Crippen molar-refractivity contribution in [1.29, 1.82) is 0 Å². The Hall–Kier alpha value is -2.16. The number of aromatic nitrogens is 4. The van der Waals surface area contributed by atoms with Crippen LogP contribution in [0.15, 0.2) is 18.2 Å². The van der Waals surface area contributed by atoms with Crippen molar-refractivity contribution < 1.29 is 4.79 Å². The summed E-state index contributed by atoms with van der Waals surface area (Å²) in [7, 11) is 0. The predicted octanol–water partition coefficient (Wildman–Crippen LogP) is 3.80. The summed E-state index contributed by atoms with van der Waals surface area (Å²) >= 11 is 13.0. The minimum atomic E-state index is -0.257. The van der Waals surface area contributed by atoms with E-state index in [2.05, 4.69) is 25.7 Å². The highest BCUT2D eigenvalue weighted by Crippen LogP contribution is 2.30. The monoisotopic (exact) mass is 424 g/mol. The van der Waals surface area contributed by atoms with E-state index >= 15 is 0 Å². The van der Waals surface area contributed by atoms with Crippen LogP contribution in [0.2, 0.25) is 8.67 Å². The second kappa shape index (κ2) is 8.24. The normalized spacial score (nSPS) is 10.9. The molecule has 3 aromatic rings. The van der Waals surface area contributed by atoms with Crippen LogP contribution in [0.3, 0.4) is 0 Å². The van der Waals surface area contributed by atoms with Crippen molar-refractivity contribution in [3.8, 4) is 5.82 Å². The number of hydrogen-bond acceptors (Lipinski definition) is 6. The van der Waals surface area contributed by atoms with E-state index in [0.29, 0.717) is 44.8 Å². The van der Waals surface area contributed by atoms with E-state index in [1.54, 1.807) is 10.7 Å². The lowest BCUT2D eigenvalue weighted by molar-refractivity contribution is 0.0956. The lowest BCUT2D eigenvalue weighted by atomic mass is 10.3. The van der Waals surface area contributed by atoms with Gasteiger partial charge in [-0.25, -0.2) is 14.6 Å². The van der Waals surface area contributed by atoms with Gasteiger partial charge in [-0.3, -0.25) is 4.79 Å². The third-order valence-corrected chi connectivity index (χ3v) is 5.16. The summed E-state index contributed by atoms with van der Waals surface area (Å²) in [5.41, 5.74) is 2.31. The molecule has 0 aromatic carbocycles. The molecule has 27 heavy (non-hydrogen) atoms. The van der Waals surface area contributed by atoms with Gasteiger partial charge in [-0.2, -0.15) is 5.10 Å². The molecule has 3 rings (SSSR count). The molecule has 7 nitrogen and oxygen atoms in total. The summed E-state index contributed by atoms with van der Waals surface area (Å²) < 4.78 is 2.64. The van der Waals surface area contributed by atoms with Crippen LogP contribution in [0.4, 0.5) is 5.82 Å². The van der Waals surface area contributed by atoms with Crippen LogP contribution < -0.4 is 10.6 Å². The van der Waals surface area contributed by atoms with Crippen molar-refractivity contribution in [3.05, 3.63) is 49.6 Å². The number of nitrogens with one attached hydrogen (secondary N) is 2. The number of nitrogens with zero attached hydrogens (tertiary/aromatic N) is 4. The van der Waals surface area contributed by atoms with E-state index in [4.69, 9.17) is 23.2 Å². The molecule has 0 atom stereocenters. The van der Waals surface area contributed by atoms with Crippen molar-refractivity contribution in [2.45, 2.75) is 20.8 Å². The Kier molecular flexibility index (Phi) is 5.98. The van der Waals surface area contributed by atoms with Crippen LogP contribution >= 0.6 is 34.5 Å². The predicted molar refractivity (Wildman–Crippen MR) is 109 cm³/mol. The maximum absolute atomic E-state index is 12.1. The molecule has 10 heteroatoms. The van der Waals surface area contributed by atoms with E-state index in [1.807, 2.05) is 32.9 Å². The Labute approximate surface area is 170 Å². The van der Waals surface area contributed by atoms with E-state index in [1.165, 1.54) is 11.3 Å². The second-order valence-electron chi connectivity index (χ2n) is 5.92. The van der Waals surface area contributed by atoms with Gasteiger partial charge < -0.3 is 10.6 Å². The Morgan fingerprint density at radius 2 is 1.93 bits per heavy atom. The first-order valence-electron chi connectivity index (χ1n) is 8.19. The maximum atomic E-state index is 12.1. The first kappa shape index (κ1) is 19.6. The highest BCUT2D eigenvalue weighted by atomic mass is 35.5. The molecule has 2 N–H and O–H groups in total. The van der Waals surface area contributed by atoms with Gasteiger partial charge in [0.25, 0.3) is 5.91 Å². The van der Waals surface area contributed by atoms with Crippen LogP contribution in [-0.2, 0) is 0 Å². The summed E-state index contributed by atoms with van der Waals surface area (Å²) in [6.07, 6.45) is 0. The van der Waals surface area contributed by atoms with E-state index in [0.717, 1.165) is 11.4 Å². The Bertz CT molecular complexity index is 984. The van der Waals surface area contributed by atoms with Gasteiger partial charge in [0.2, 0.25) is 0 Å². The van der Waals surface area contributed by atoms with Crippen molar-refractivity contribution in [1.82, 2.24) is 25.1 Å². The second-order valence-corrected chi connectivity index (χ2v) is 8.20. The number of rotatable bonds is 6. The standard InChI is InChI=1S/C17H18Cl2N6OS/c1-9-6-10(2)25(24-9)15-8-14(22-11(3)23-15)20-4-5-21-17(26)12-7-13(18)27-16(12)19/h6-8H,4-5H2,1-3H3,(H,21,26)(H,20,22,23). The number of hydrogen-bond donors (Lipinski definition) is 2. The SMILES string of the molecule is Cc1cc(C)n(-c2cc(NCCNC(=O)c3cc(Cl)sc3Cl)nc(C)n2)n1. The summed E-state index contributed by atoms with van der Waals surface area (Å²) in [6, 6.07) is 5.37. The molecule has 0 saturated heterocycles. The maximum Gasteiger partial charge on any atom is 0.253 e. The molecular weight excluding hydrogens is 407 g/mol. The van der Waals surface area contributed by atoms with Gasteiger partial charge in [0, 0.05) is 24.8 Å². The molecule has 0 aliphatic carbocycles. The minimum Gasteiger partial charge on any atom is -0.368 e. The number of carbonyl (C=O) groups is 1. The first-order chi connectivity index (χ1) is 12.8.